The Kier molecular flexibility index (Phi) is 7.09. The Morgan fingerprint density at radius 3 is 2.82 bits per heavy atom. The summed E-state index contributed by atoms with van der Waals surface area (Å²) in [4.78, 5) is 12.6. The molecule has 1 aromatic carbocycles. The van der Waals surface area contributed by atoms with Crippen LogP contribution in [-0.4, -0.2) is 28.8 Å². The molecule has 1 unspecified atom stereocenters. The molecule has 1 fully saturated rings. The average molecular weight is 385 g/mol. The topological polar surface area (TPSA) is 82.2 Å². The maximum atomic E-state index is 12.6. The minimum atomic E-state index is 0.0813. The lowest BCUT2D eigenvalue weighted by molar-refractivity contribution is -0.117. The number of aryl methyl sites for hydroxylation is 1. The van der Waals surface area contributed by atoms with Gasteiger partial charge in [0.15, 0.2) is 0 Å². The van der Waals surface area contributed by atoms with Crippen LogP contribution in [0.25, 0.3) is 11.3 Å². The number of carbonyl (C=O) groups is 1. The highest BCUT2D eigenvalue weighted by molar-refractivity contribution is 5.92. The van der Waals surface area contributed by atoms with E-state index >= 15 is 0 Å². The first-order chi connectivity index (χ1) is 13.6. The fourth-order valence-corrected chi connectivity index (χ4v) is 3.81. The molecule has 28 heavy (non-hydrogen) atoms. The molecule has 0 radical (unpaired) electrons. The van der Waals surface area contributed by atoms with Gasteiger partial charge in [0, 0.05) is 37.5 Å². The van der Waals surface area contributed by atoms with Gasteiger partial charge >= 0.3 is 0 Å². The SMILES string of the molecule is CCC(CC(=O)Nc1ccc(OCCN)c(-c2ccnn2C)c1)CC1CCC1. The summed E-state index contributed by atoms with van der Waals surface area (Å²) in [6.45, 7) is 3.07. The quantitative estimate of drug-likeness (QED) is 0.649. The molecule has 152 valence electrons. The van der Waals surface area contributed by atoms with Crippen LogP contribution in [-0.2, 0) is 11.8 Å². The number of nitrogens with one attached hydrogen (secondary N) is 1. The second kappa shape index (κ2) is 9.73. The van der Waals surface area contributed by atoms with E-state index in [4.69, 9.17) is 10.5 Å². The van der Waals surface area contributed by atoms with E-state index in [9.17, 15) is 4.79 Å². The van der Waals surface area contributed by atoms with Gasteiger partial charge in [-0.3, -0.25) is 9.48 Å². The number of benzene rings is 1. The predicted octanol–water partition coefficient (Wildman–Crippen LogP) is 3.97. The Balaban J connectivity index is 1.70. The molecule has 1 amide bonds. The second-order valence-corrected chi connectivity index (χ2v) is 7.75. The van der Waals surface area contributed by atoms with Crippen LogP contribution >= 0.6 is 0 Å². The third-order valence-electron chi connectivity index (χ3n) is 5.68. The van der Waals surface area contributed by atoms with Crippen molar-refractivity contribution in [2.45, 2.75) is 45.4 Å². The summed E-state index contributed by atoms with van der Waals surface area (Å²) < 4.78 is 7.58. The van der Waals surface area contributed by atoms with E-state index in [2.05, 4.69) is 17.3 Å². The van der Waals surface area contributed by atoms with Gasteiger partial charge in [0.2, 0.25) is 5.91 Å². The zero-order valence-corrected chi connectivity index (χ0v) is 17.0. The molecule has 3 rings (SSSR count). The second-order valence-electron chi connectivity index (χ2n) is 7.75. The number of nitrogens with two attached hydrogens (primary N) is 1. The van der Waals surface area contributed by atoms with Gasteiger partial charge in [0.25, 0.3) is 0 Å². The number of hydrogen-bond acceptors (Lipinski definition) is 4. The summed E-state index contributed by atoms with van der Waals surface area (Å²) in [6.07, 6.45) is 8.57. The van der Waals surface area contributed by atoms with Crippen molar-refractivity contribution in [2.75, 3.05) is 18.5 Å². The molecular weight excluding hydrogens is 352 g/mol. The lowest BCUT2D eigenvalue weighted by Crippen LogP contribution is -2.21. The maximum Gasteiger partial charge on any atom is 0.224 e. The van der Waals surface area contributed by atoms with Gasteiger partial charge < -0.3 is 15.8 Å². The number of carbonyl (C=O) groups excluding carboxylic acids is 1. The van der Waals surface area contributed by atoms with Gasteiger partial charge in [0.1, 0.15) is 12.4 Å². The summed E-state index contributed by atoms with van der Waals surface area (Å²) in [6, 6.07) is 7.66. The number of amides is 1. The normalized spacial score (nSPS) is 15.1. The van der Waals surface area contributed by atoms with Crippen molar-refractivity contribution in [3.63, 3.8) is 0 Å². The van der Waals surface area contributed by atoms with E-state index in [-0.39, 0.29) is 5.91 Å². The lowest BCUT2D eigenvalue weighted by atomic mass is 9.77. The highest BCUT2D eigenvalue weighted by Crippen LogP contribution is 2.35. The van der Waals surface area contributed by atoms with Crippen LogP contribution in [0.1, 0.15) is 45.4 Å². The molecule has 0 spiro atoms. The van der Waals surface area contributed by atoms with Gasteiger partial charge in [-0.15, -0.1) is 0 Å². The molecule has 1 aliphatic rings. The van der Waals surface area contributed by atoms with E-state index in [1.165, 1.54) is 25.7 Å². The number of rotatable bonds is 10. The van der Waals surface area contributed by atoms with E-state index in [0.717, 1.165) is 35.0 Å². The number of nitrogens with zero attached hydrogens (tertiary/aromatic N) is 2. The molecule has 1 saturated carbocycles. The molecule has 1 heterocycles. The minimum Gasteiger partial charge on any atom is -0.492 e. The summed E-state index contributed by atoms with van der Waals surface area (Å²) in [5.74, 6) is 2.11. The van der Waals surface area contributed by atoms with Crippen LogP contribution in [0.2, 0.25) is 0 Å². The number of hydrogen-bond donors (Lipinski definition) is 2. The van der Waals surface area contributed by atoms with Crippen LogP contribution in [0.5, 0.6) is 5.75 Å². The zero-order chi connectivity index (χ0) is 19.9. The largest absolute Gasteiger partial charge is 0.492 e. The highest BCUT2D eigenvalue weighted by atomic mass is 16.5. The summed E-state index contributed by atoms with van der Waals surface area (Å²) in [5, 5.41) is 7.32. The third-order valence-corrected chi connectivity index (χ3v) is 5.68. The smallest absolute Gasteiger partial charge is 0.224 e. The minimum absolute atomic E-state index is 0.0813. The van der Waals surface area contributed by atoms with Crippen LogP contribution < -0.4 is 15.8 Å². The van der Waals surface area contributed by atoms with Crippen LogP contribution in [0.3, 0.4) is 0 Å². The van der Waals surface area contributed by atoms with E-state index in [1.54, 1.807) is 10.9 Å². The predicted molar refractivity (Wildman–Crippen MR) is 112 cm³/mol. The number of ether oxygens (including phenoxy) is 1. The molecule has 0 saturated heterocycles. The van der Waals surface area contributed by atoms with E-state index in [1.807, 2.05) is 31.3 Å². The molecule has 3 N–H and O–H groups in total. The van der Waals surface area contributed by atoms with Crippen molar-refractivity contribution in [2.24, 2.45) is 24.6 Å². The Hall–Kier alpha value is -2.34. The Labute approximate surface area is 167 Å². The molecule has 6 heteroatoms. The first kappa shape index (κ1) is 20.4. The molecule has 2 aromatic rings. The van der Waals surface area contributed by atoms with Gasteiger partial charge in [-0.25, -0.2) is 0 Å². The highest BCUT2D eigenvalue weighted by Gasteiger charge is 2.23. The summed E-state index contributed by atoms with van der Waals surface area (Å²) in [7, 11) is 1.89. The molecule has 0 bridgehead atoms. The summed E-state index contributed by atoms with van der Waals surface area (Å²) >= 11 is 0. The van der Waals surface area contributed by atoms with E-state index in [0.29, 0.717) is 25.5 Å². The maximum absolute atomic E-state index is 12.6. The lowest BCUT2D eigenvalue weighted by Gasteiger charge is -2.29. The van der Waals surface area contributed by atoms with Crippen molar-refractivity contribution in [3.8, 4) is 17.0 Å². The van der Waals surface area contributed by atoms with Crippen molar-refractivity contribution in [1.29, 1.82) is 0 Å². The Morgan fingerprint density at radius 2 is 2.21 bits per heavy atom. The van der Waals surface area contributed by atoms with Crippen LogP contribution in [0, 0.1) is 11.8 Å². The summed E-state index contributed by atoms with van der Waals surface area (Å²) in [5.41, 5.74) is 8.18. The Morgan fingerprint density at radius 1 is 1.39 bits per heavy atom. The molecule has 1 aliphatic carbocycles. The Bertz CT molecular complexity index is 783. The fourth-order valence-electron chi connectivity index (χ4n) is 3.81. The van der Waals surface area contributed by atoms with Gasteiger partial charge in [-0.2, -0.15) is 5.10 Å². The zero-order valence-electron chi connectivity index (χ0n) is 17.0. The van der Waals surface area contributed by atoms with Gasteiger partial charge in [0.05, 0.1) is 5.69 Å². The van der Waals surface area contributed by atoms with Crippen molar-refractivity contribution < 1.29 is 9.53 Å². The number of aromatic nitrogens is 2. The van der Waals surface area contributed by atoms with Crippen molar-refractivity contribution in [3.05, 3.63) is 30.5 Å². The first-order valence-electron chi connectivity index (χ1n) is 10.4. The molecular formula is C22H32N4O2. The third kappa shape index (κ3) is 5.13. The first-order valence-corrected chi connectivity index (χ1v) is 10.4. The van der Waals surface area contributed by atoms with E-state index < -0.39 is 0 Å². The van der Waals surface area contributed by atoms with Crippen LogP contribution in [0.15, 0.2) is 30.5 Å². The fraction of sp³-hybridized carbons (Fsp3) is 0.545. The van der Waals surface area contributed by atoms with Crippen LogP contribution in [0.4, 0.5) is 5.69 Å². The standard InChI is InChI=1S/C22H32N4O2/c1-3-16(13-17-5-4-6-17)14-22(27)25-18-7-8-21(28-12-10-23)19(15-18)20-9-11-24-26(20)2/h7-9,11,15-17H,3-6,10,12-14,23H2,1-2H3,(H,25,27). The molecule has 0 aliphatic heterocycles. The number of anilines is 1. The van der Waals surface area contributed by atoms with Crippen molar-refractivity contribution >= 4 is 11.6 Å². The average Bonchev–Trinajstić information content (AvgIpc) is 3.08. The van der Waals surface area contributed by atoms with Crippen molar-refractivity contribution in [1.82, 2.24) is 9.78 Å². The molecule has 6 nitrogen and oxygen atoms in total. The van der Waals surface area contributed by atoms with Gasteiger partial charge in [-0.05, 0) is 42.5 Å². The molecule has 1 aromatic heterocycles. The molecule has 1 atom stereocenters. The monoisotopic (exact) mass is 384 g/mol. The van der Waals surface area contributed by atoms with Gasteiger partial charge in [-0.1, -0.05) is 32.6 Å².